The molecule has 3 aromatic rings. The summed E-state index contributed by atoms with van der Waals surface area (Å²) in [5.74, 6) is 0.352. The molecule has 1 unspecified atom stereocenters. The summed E-state index contributed by atoms with van der Waals surface area (Å²) in [7, 11) is 1.55. The lowest BCUT2D eigenvalue weighted by Crippen LogP contribution is -2.34. The van der Waals surface area contributed by atoms with Gasteiger partial charge in [0.1, 0.15) is 11.6 Å². The largest absolute Gasteiger partial charge is 0.495 e. The zero-order valence-corrected chi connectivity index (χ0v) is 16.8. The third-order valence-electron chi connectivity index (χ3n) is 5.35. The highest BCUT2D eigenvalue weighted by atomic mass is 19.1. The van der Waals surface area contributed by atoms with Gasteiger partial charge in [0.15, 0.2) is 0 Å². The molecule has 1 aliphatic heterocycles. The molecule has 2 heterocycles. The Morgan fingerprint density at radius 3 is 2.87 bits per heavy atom. The number of nitrogens with zero attached hydrogens (tertiary/aromatic N) is 2. The Balaban J connectivity index is 1.40. The monoisotopic (exact) mass is 409 g/mol. The number of ether oxygens (including phenoxy) is 1. The summed E-state index contributed by atoms with van der Waals surface area (Å²) in [5, 5.41) is 6.96. The van der Waals surface area contributed by atoms with E-state index in [9.17, 15) is 9.18 Å². The Labute approximate surface area is 174 Å². The van der Waals surface area contributed by atoms with E-state index in [1.807, 2.05) is 24.3 Å². The van der Waals surface area contributed by atoms with E-state index in [1.54, 1.807) is 25.3 Å². The summed E-state index contributed by atoms with van der Waals surface area (Å²) in [6, 6.07) is 15.5. The van der Waals surface area contributed by atoms with Crippen LogP contribution in [-0.4, -0.2) is 36.2 Å². The Morgan fingerprint density at radius 2 is 2.07 bits per heavy atom. The van der Waals surface area contributed by atoms with Crippen molar-refractivity contribution in [2.24, 2.45) is 0 Å². The second-order valence-electron chi connectivity index (χ2n) is 7.47. The number of carbonyl (C=O) groups is 1. The average molecular weight is 409 g/mol. The summed E-state index contributed by atoms with van der Waals surface area (Å²) in [4.78, 5) is 14.9. The average Bonchev–Trinajstić information content (AvgIpc) is 3.27. The Morgan fingerprint density at radius 1 is 1.27 bits per heavy atom. The van der Waals surface area contributed by atoms with Crippen LogP contribution in [0.3, 0.4) is 0 Å². The zero-order valence-electron chi connectivity index (χ0n) is 16.8. The van der Waals surface area contributed by atoms with Crippen molar-refractivity contribution in [3.8, 4) is 5.75 Å². The number of hydrogen-bond acceptors (Lipinski definition) is 5. The molecule has 4 rings (SSSR count). The van der Waals surface area contributed by atoms with Crippen molar-refractivity contribution in [1.82, 2.24) is 10.1 Å². The smallest absolute Gasteiger partial charge is 0.294 e. The molecule has 0 spiro atoms. The number of halogens is 1. The first-order chi connectivity index (χ1) is 14.6. The Hall–Kier alpha value is -3.19. The Kier molecular flexibility index (Phi) is 6.09. The van der Waals surface area contributed by atoms with Gasteiger partial charge in [0.2, 0.25) is 5.76 Å². The molecule has 1 N–H and O–H groups in total. The van der Waals surface area contributed by atoms with E-state index in [2.05, 4.69) is 15.4 Å². The van der Waals surface area contributed by atoms with Crippen molar-refractivity contribution < 1.29 is 18.4 Å². The number of aromatic nitrogens is 1. The molecule has 7 heteroatoms. The third-order valence-corrected chi connectivity index (χ3v) is 5.35. The summed E-state index contributed by atoms with van der Waals surface area (Å²) in [5.41, 5.74) is 2.43. The van der Waals surface area contributed by atoms with E-state index in [-0.39, 0.29) is 23.4 Å². The number of piperidine rings is 1. The molecule has 6 nitrogen and oxygen atoms in total. The molecule has 1 saturated heterocycles. The maximum atomic E-state index is 13.1. The van der Waals surface area contributed by atoms with Crippen LogP contribution in [0.5, 0.6) is 5.75 Å². The number of benzene rings is 2. The number of amides is 1. The van der Waals surface area contributed by atoms with Crippen LogP contribution in [0, 0.1) is 5.82 Å². The molecular weight excluding hydrogens is 385 g/mol. The highest BCUT2D eigenvalue weighted by molar-refractivity contribution is 6.03. The number of anilines is 1. The lowest BCUT2D eigenvalue weighted by molar-refractivity contribution is 0.0987. The van der Waals surface area contributed by atoms with Crippen LogP contribution in [0.25, 0.3) is 0 Å². The van der Waals surface area contributed by atoms with Crippen LogP contribution >= 0.6 is 0 Å². The van der Waals surface area contributed by atoms with Crippen molar-refractivity contribution in [1.29, 1.82) is 0 Å². The van der Waals surface area contributed by atoms with E-state index in [1.165, 1.54) is 12.1 Å². The van der Waals surface area contributed by atoms with Gasteiger partial charge in [-0.05, 0) is 49.2 Å². The van der Waals surface area contributed by atoms with Gasteiger partial charge in [-0.2, -0.15) is 0 Å². The fourth-order valence-corrected chi connectivity index (χ4v) is 3.81. The van der Waals surface area contributed by atoms with Crippen LogP contribution in [-0.2, 0) is 6.54 Å². The SMILES string of the molecule is COc1ccccc1NC(=O)c1cc(C2CCCN(Cc3ccc(F)cc3)C2)no1. The predicted molar refractivity (Wildman–Crippen MR) is 111 cm³/mol. The van der Waals surface area contributed by atoms with Gasteiger partial charge in [-0.25, -0.2) is 4.39 Å². The molecule has 1 fully saturated rings. The van der Waals surface area contributed by atoms with Gasteiger partial charge >= 0.3 is 0 Å². The molecule has 2 aromatic carbocycles. The van der Waals surface area contributed by atoms with Crippen LogP contribution < -0.4 is 10.1 Å². The number of nitrogens with one attached hydrogen (secondary N) is 1. The summed E-state index contributed by atoms with van der Waals surface area (Å²) in [6.07, 6.45) is 2.02. The molecule has 156 valence electrons. The van der Waals surface area contributed by atoms with Crippen LogP contribution in [0.2, 0.25) is 0 Å². The minimum atomic E-state index is -0.364. The van der Waals surface area contributed by atoms with Gasteiger partial charge in [-0.1, -0.05) is 29.4 Å². The van der Waals surface area contributed by atoms with E-state index >= 15 is 0 Å². The maximum absolute atomic E-state index is 13.1. The second-order valence-corrected chi connectivity index (χ2v) is 7.47. The molecule has 0 radical (unpaired) electrons. The van der Waals surface area contributed by atoms with E-state index in [0.717, 1.165) is 43.7 Å². The van der Waals surface area contributed by atoms with E-state index in [4.69, 9.17) is 9.26 Å². The number of carbonyl (C=O) groups excluding carboxylic acids is 1. The predicted octanol–water partition coefficient (Wildman–Crippen LogP) is 4.45. The fraction of sp³-hybridized carbons (Fsp3) is 0.304. The van der Waals surface area contributed by atoms with Crippen molar-refractivity contribution >= 4 is 11.6 Å². The minimum Gasteiger partial charge on any atom is -0.495 e. The molecule has 1 atom stereocenters. The number of hydrogen-bond donors (Lipinski definition) is 1. The molecule has 30 heavy (non-hydrogen) atoms. The molecule has 1 aromatic heterocycles. The van der Waals surface area contributed by atoms with Gasteiger partial charge in [-0.15, -0.1) is 0 Å². The molecule has 0 aliphatic carbocycles. The van der Waals surface area contributed by atoms with Gasteiger partial charge in [-0.3, -0.25) is 9.69 Å². The third kappa shape index (κ3) is 4.68. The van der Waals surface area contributed by atoms with Crippen LogP contribution in [0.4, 0.5) is 10.1 Å². The number of para-hydroxylation sites is 2. The lowest BCUT2D eigenvalue weighted by Gasteiger charge is -2.31. The van der Waals surface area contributed by atoms with Crippen molar-refractivity contribution in [2.45, 2.75) is 25.3 Å². The van der Waals surface area contributed by atoms with Crippen LogP contribution in [0.15, 0.2) is 59.1 Å². The van der Waals surface area contributed by atoms with Crippen molar-refractivity contribution in [2.75, 3.05) is 25.5 Å². The van der Waals surface area contributed by atoms with Gasteiger partial charge in [0, 0.05) is 25.1 Å². The maximum Gasteiger partial charge on any atom is 0.294 e. The standard InChI is InChI=1S/C23H24FN3O3/c1-29-21-7-3-2-6-19(21)25-23(28)22-13-20(26-30-22)17-5-4-12-27(15-17)14-16-8-10-18(24)11-9-16/h2-3,6-11,13,17H,4-5,12,14-15H2,1H3,(H,25,28). The summed E-state index contributed by atoms with van der Waals surface area (Å²) >= 11 is 0. The fourth-order valence-electron chi connectivity index (χ4n) is 3.81. The lowest BCUT2D eigenvalue weighted by atomic mass is 9.94. The number of methoxy groups -OCH3 is 1. The highest BCUT2D eigenvalue weighted by Crippen LogP contribution is 2.28. The summed E-state index contributed by atoms with van der Waals surface area (Å²) < 4.78 is 23.7. The van der Waals surface area contributed by atoms with Crippen LogP contribution in [0.1, 0.15) is 40.6 Å². The zero-order chi connectivity index (χ0) is 20.9. The normalized spacial score (nSPS) is 16.9. The molecular formula is C23H24FN3O3. The van der Waals surface area contributed by atoms with E-state index in [0.29, 0.717) is 11.4 Å². The number of rotatable bonds is 6. The molecule has 0 bridgehead atoms. The van der Waals surface area contributed by atoms with Gasteiger partial charge < -0.3 is 14.6 Å². The first kappa shape index (κ1) is 20.1. The molecule has 1 amide bonds. The minimum absolute atomic E-state index is 0.173. The number of likely N-dealkylation sites (tertiary alicyclic amines) is 1. The molecule has 1 aliphatic rings. The molecule has 0 saturated carbocycles. The second kappa shape index (κ2) is 9.09. The van der Waals surface area contributed by atoms with Crippen molar-refractivity contribution in [3.63, 3.8) is 0 Å². The highest BCUT2D eigenvalue weighted by Gasteiger charge is 2.25. The topological polar surface area (TPSA) is 67.6 Å². The Bertz CT molecular complexity index is 1000. The van der Waals surface area contributed by atoms with Crippen molar-refractivity contribution in [3.05, 3.63) is 77.4 Å². The quantitative estimate of drug-likeness (QED) is 0.651. The van der Waals surface area contributed by atoms with Gasteiger partial charge in [0.25, 0.3) is 5.91 Å². The summed E-state index contributed by atoms with van der Waals surface area (Å²) in [6.45, 7) is 2.56. The first-order valence-corrected chi connectivity index (χ1v) is 10.00. The van der Waals surface area contributed by atoms with E-state index < -0.39 is 0 Å². The van der Waals surface area contributed by atoms with Gasteiger partial charge in [0.05, 0.1) is 18.5 Å². The first-order valence-electron chi connectivity index (χ1n) is 10.00.